The van der Waals surface area contributed by atoms with Gasteiger partial charge in [-0.05, 0) is 66.6 Å². The number of hydrogen-bond acceptors (Lipinski definition) is 6. The van der Waals surface area contributed by atoms with E-state index in [1.54, 1.807) is 17.8 Å². The van der Waals surface area contributed by atoms with Crippen LogP contribution < -0.4 is 4.90 Å². The molecule has 4 aromatic carbocycles. The lowest BCUT2D eigenvalue weighted by molar-refractivity contribution is -0.140. The summed E-state index contributed by atoms with van der Waals surface area (Å²) in [4.78, 5) is 30.2. The molecule has 43 heavy (non-hydrogen) atoms. The van der Waals surface area contributed by atoms with Crippen molar-refractivity contribution < 1.29 is 14.7 Å². The molecular weight excluding hydrogens is 595 g/mol. The molecule has 0 spiro atoms. The van der Waals surface area contributed by atoms with E-state index in [4.69, 9.17) is 12.2 Å². The van der Waals surface area contributed by atoms with E-state index in [0.29, 0.717) is 4.91 Å². The zero-order valence-corrected chi connectivity index (χ0v) is 25.8. The third-order valence-corrected chi connectivity index (χ3v) is 10.3. The molecule has 3 heterocycles. The van der Waals surface area contributed by atoms with Crippen molar-refractivity contribution in [3.63, 3.8) is 0 Å². The molecule has 214 valence electrons. The van der Waals surface area contributed by atoms with Gasteiger partial charge in [0.1, 0.15) is 10.9 Å². The first-order valence-electron chi connectivity index (χ1n) is 14.1. The number of thioether (sulfide) groups is 1. The van der Waals surface area contributed by atoms with Crippen LogP contribution in [0.25, 0.3) is 27.9 Å². The first kappa shape index (κ1) is 27.8. The summed E-state index contributed by atoms with van der Waals surface area (Å²) in [5, 5.41) is 11.7. The highest BCUT2D eigenvalue weighted by atomic mass is 32.2. The van der Waals surface area contributed by atoms with Gasteiger partial charge in [0.15, 0.2) is 0 Å². The number of hydrogen-bond donors (Lipinski definition) is 1. The second-order valence-corrected chi connectivity index (χ2v) is 13.3. The average molecular weight is 622 g/mol. The number of unbranched alkanes of at least 4 members (excludes halogenated alkanes) is 1. The third-order valence-electron chi connectivity index (χ3n) is 7.76. The molecule has 1 saturated heterocycles. The van der Waals surface area contributed by atoms with Gasteiger partial charge in [-0.2, -0.15) is 0 Å². The summed E-state index contributed by atoms with van der Waals surface area (Å²) in [6.45, 7) is 2.78. The van der Waals surface area contributed by atoms with Gasteiger partial charge >= 0.3 is 5.97 Å². The van der Waals surface area contributed by atoms with E-state index >= 15 is 0 Å². The Morgan fingerprint density at radius 2 is 1.65 bits per heavy atom. The topological polar surface area (TPSA) is 65.8 Å². The SMILES string of the molecule is CCCCn1c2ccccc2c2cc(N3c4ccccc4Sc4cc(/C=C5\SC(=S)N(CC(=O)O)C5=O)ccc43)ccc21. The molecule has 2 aliphatic rings. The number of carboxylic acid groups (broad SMARTS) is 1. The fourth-order valence-corrected chi connectivity index (χ4v) is 8.16. The van der Waals surface area contributed by atoms with E-state index in [-0.39, 0.29) is 10.2 Å². The van der Waals surface area contributed by atoms with Crippen LogP contribution in [-0.2, 0) is 16.1 Å². The molecule has 0 bridgehead atoms. The smallest absolute Gasteiger partial charge is 0.323 e. The Balaban J connectivity index is 1.32. The van der Waals surface area contributed by atoms with E-state index < -0.39 is 12.5 Å². The Labute approximate surface area is 263 Å². The van der Waals surface area contributed by atoms with Gasteiger partial charge in [-0.1, -0.05) is 85.5 Å². The highest BCUT2D eigenvalue weighted by Crippen LogP contribution is 2.52. The number of nitrogens with zero attached hydrogens (tertiary/aromatic N) is 3. The van der Waals surface area contributed by atoms with Gasteiger partial charge < -0.3 is 14.6 Å². The van der Waals surface area contributed by atoms with Gasteiger partial charge in [0.05, 0.1) is 16.3 Å². The van der Waals surface area contributed by atoms with Crippen molar-refractivity contribution in [1.82, 2.24) is 9.47 Å². The summed E-state index contributed by atoms with van der Waals surface area (Å²) in [6, 6.07) is 30.0. The molecule has 1 N–H and O–H groups in total. The molecule has 7 rings (SSSR count). The predicted molar refractivity (Wildman–Crippen MR) is 181 cm³/mol. The largest absolute Gasteiger partial charge is 0.480 e. The molecule has 0 unspecified atom stereocenters. The fourth-order valence-electron chi connectivity index (χ4n) is 5.80. The monoisotopic (exact) mass is 621 g/mol. The van der Waals surface area contributed by atoms with E-state index in [2.05, 4.69) is 95.3 Å². The zero-order chi connectivity index (χ0) is 29.7. The van der Waals surface area contributed by atoms with Crippen molar-refractivity contribution in [2.24, 2.45) is 0 Å². The van der Waals surface area contributed by atoms with Crippen LogP contribution >= 0.6 is 35.7 Å². The minimum Gasteiger partial charge on any atom is -0.480 e. The predicted octanol–water partition coefficient (Wildman–Crippen LogP) is 8.81. The maximum absolute atomic E-state index is 12.9. The number of carbonyl (C=O) groups is 2. The summed E-state index contributed by atoms with van der Waals surface area (Å²) < 4.78 is 2.70. The quantitative estimate of drug-likeness (QED) is 0.141. The fraction of sp³-hybridized carbons (Fsp3) is 0.147. The molecule has 0 radical (unpaired) electrons. The van der Waals surface area contributed by atoms with Crippen molar-refractivity contribution >= 4 is 96.9 Å². The zero-order valence-electron chi connectivity index (χ0n) is 23.3. The third kappa shape index (κ3) is 4.91. The molecule has 0 saturated carbocycles. The number of carbonyl (C=O) groups excluding carboxylic acids is 1. The van der Waals surface area contributed by atoms with Gasteiger partial charge in [0, 0.05) is 43.8 Å². The number of aliphatic carboxylic acids is 1. The van der Waals surface area contributed by atoms with Crippen LogP contribution in [0.4, 0.5) is 17.1 Å². The standard InChI is InChI=1S/C34H27N3O3S3/c1-2-3-16-35-25-9-5-4-8-23(25)24-19-22(13-15-26(24)35)37-27-10-6-7-11-29(27)42-30-17-21(12-14-28(30)37)18-31-33(40)36(20-32(38)39)34(41)43-31/h4-15,17-19H,2-3,16,20H2,1H3,(H,38,39)/b31-18-. The molecule has 5 aromatic rings. The maximum atomic E-state index is 12.9. The molecule has 0 aliphatic carbocycles. The van der Waals surface area contributed by atoms with E-state index in [1.807, 2.05) is 6.07 Å². The van der Waals surface area contributed by atoms with Gasteiger partial charge in [-0.25, -0.2) is 0 Å². The molecular formula is C34H27N3O3S3. The summed E-state index contributed by atoms with van der Waals surface area (Å²) >= 11 is 8.12. The Morgan fingerprint density at radius 3 is 2.49 bits per heavy atom. The lowest BCUT2D eigenvalue weighted by atomic mass is 10.1. The molecule has 9 heteroatoms. The van der Waals surface area contributed by atoms with Crippen molar-refractivity contribution in [2.45, 2.75) is 36.1 Å². The van der Waals surface area contributed by atoms with Crippen molar-refractivity contribution in [3.05, 3.63) is 95.4 Å². The number of aryl methyl sites for hydroxylation is 1. The van der Waals surface area contributed by atoms with Crippen LogP contribution in [0.15, 0.2) is 99.6 Å². The van der Waals surface area contributed by atoms with E-state index in [0.717, 1.165) is 68.5 Å². The average Bonchev–Trinajstić information content (AvgIpc) is 3.46. The van der Waals surface area contributed by atoms with Crippen LogP contribution in [0, 0.1) is 0 Å². The number of anilines is 3. The van der Waals surface area contributed by atoms with Crippen molar-refractivity contribution in [2.75, 3.05) is 11.4 Å². The van der Waals surface area contributed by atoms with E-state index in [1.165, 1.54) is 21.8 Å². The van der Waals surface area contributed by atoms with Crippen LogP contribution in [0.5, 0.6) is 0 Å². The number of fused-ring (bicyclic) bond motifs is 5. The van der Waals surface area contributed by atoms with Crippen LogP contribution in [-0.4, -0.2) is 37.3 Å². The molecule has 6 nitrogen and oxygen atoms in total. The molecule has 1 amide bonds. The van der Waals surface area contributed by atoms with Crippen molar-refractivity contribution in [3.8, 4) is 0 Å². The maximum Gasteiger partial charge on any atom is 0.323 e. The summed E-state index contributed by atoms with van der Waals surface area (Å²) in [5.74, 6) is -1.47. The Kier molecular flexibility index (Phi) is 7.25. The van der Waals surface area contributed by atoms with Crippen molar-refractivity contribution in [1.29, 1.82) is 0 Å². The lowest BCUT2D eigenvalue weighted by Gasteiger charge is -2.33. The lowest BCUT2D eigenvalue weighted by Crippen LogP contribution is -2.33. The number of benzene rings is 4. The van der Waals surface area contributed by atoms with Gasteiger partial charge in [0.2, 0.25) is 0 Å². The van der Waals surface area contributed by atoms with Crippen LogP contribution in [0.3, 0.4) is 0 Å². The minimum atomic E-state index is -1.09. The number of aromatic nitrogens is 1. The molecule has 0 atom stereocenters. The first-order chi connectivity index (χ1) is 20.9. The summed E-state index contributed by atoms with van der Waals surface area (Å²) in [7, 11) is 0. The second kappa shape index (κ2) is 11.2. The first-order valence-corrected chi connectivity index (χ1v) is 16.2. The highest BCUT2D eigenvalue weighted by Gasteiger charge is 2.33. The number of para-hydroxylation sites is 2. The number of amides is 1. The Hall–Kier alpha value is -4.05. The summed E-state index contributed by atoms with van der Waals surface area (Å²) in [6.07, 6.45) is 4.07. The Bertz CT molecular complexity index is 2000. The summed E-state index contributed by atoms with van der Waals surface area (Å²) in [5.41, 5.74) is 6.63. The van der Waals surface area contributed by atoms with Gasteiger partial charge in [0.25, 0.3) is 5.91 Å². The van der Waals surface area contributed by atoms with Gasteiger partial charge in [-0.15, -0.1) is 0 Å². The minimum absolute atomic E-state index is 0.262. The van der Waals surface area contributed by atoms with E-state index in [9.17, 15) is 14.7 Å². The van der Waals surface area contributed by atoms with Gasteiger partial charge in [-0.3, -0.25) is 14.5 Å². The number of rotatable bonds is 7. The normalized spacial score (nSPS) is 15.5. The number of thiocarbonyl (C=S) groups is 1. The second-order valence-electron chi connectivity index (χ2n) is 10.5. The molecule has 1 fully saturated rings. The van der Waals surface area contributed by atoms with Crippen LogP contribution in [0.2, 0.25) is 0 Å². The Morgan fingerprint density at radius 1 is 0.884 bits per heavy atom. The molecule has 2 aliphatic heterocycles. The van der Waals surface area contributed by atoms with Crippen LogP contribution in [0.1, 0.15) is 25.3 Å². The highest BCUT2D eigenvalue weighted by molar-refractivity contribution is 8.26. The number of carboxylic acids is 1. The molecule has 1 aromatic heterocycles.